The fraction of sp³-hybridized carbons (Fsp3) is 0.200. The van der Waals surface area contributed by atoms with Crippen molar-refractivity contribution in [1.82, 2.24) is 10.2 Å². The van der Waals surface area contributed by atoms with Crippen LogP contribution in [0.2, 0.25) is 0 Å². The van der Waals surface area contributed by atoms with Crippen LogP contribution in [-0.4, -0.2) is 28.6 Å². The molecule has 11 heteroatoms. The van der Waals surface area contributed by atoms with E-state index >= 15 is 0 Å². The number of hydrogen-bond donors (Lipinski definition) is 2. The van der Waals surface area contributed by atoms with Gasteiger partial charge in [0.15, 0.2) is 5.75 Å². The first-order chi connectivity index (χ1) is 9.83. The van der Waals surface area contributed by atoms with E-state index in [9.17, 15) is 23.6 Å². The highest BCUT2D eigenvalue weighted by Gasteiger charge is 2.22. The number of rotatable bonds is 5. The summed E-state index contributed by atoms with van der Waals surface area (Å²) >= 11 is 1.07. The van der Waals surface area contributed by atoms with Gasteiger partial charge in [-0.1, -0.05) is 18.3 Å². The second-order valence-corrected chi connectivity index (χ2v) is 6.61. The predicted octanol–water partition coefficient (Wildman–Crippen LogP) is 1.52. The van der Waals surface area contributed by atoms with E-state index < -0.39 is 26.4 Å². The van der Waals surface area contributed by atoms with E-state index in [2.05, 4.69) is 14.9 Å². The Morgan fingerprint density at radius 2 is 2.14 bits per heavy atom. The molecule has 0 saturated heterocycles. The van der Waals surface area contributed by atoms with Crippen LogP contribution >= 0.6 is 11.3 Å². The quantitative estimate of drug-likeness (QED) is 0.626. The third kappa shape index (κ3) is 3.25. The van der Waals surface area contributed by atoms with Gasteiger partial charge in [-0.25, -0.2) is 8.42 Å². The zero-order chi connectivity index (χ0) is 15.6. The highest BCUT2D eigenvalue weighted by Crippen LogP contribution is 2.29. The summed E-state index contributed by atoms with van der Waals surface area (Å²) in [7, 11) is -4.04. The Labute approximate surface area is 123 Å². The van der Waals surface area contributed by atoms with Gasteiger partial charge in [-0.05, 0) is 18.6 Å². The molecule has 2 aromatic rings. The van der Waals surface area contributed by atoms with Gasteiger partial charge in [0.05, 0.1) is 9.82 Å². The zero-order valence-electron chi connectivity index (χ0n) is 10.7. The fourth-order valence-corrected chi connectivity index (χ4v) is 3.36. The molecule has 0 saturated carbocycles. The Hall–Kier alpha value is -2.27. The number of aromatic hydroxyl groups is 1. The number of phenolic OH excluding ortho intramolecular Hbond substituents is 1. The summed E-state index contributed by atoms with van der Waals surface area (Å²) < 4.78 is 26.4. The van der Waals surface area contributed by atoms with E-state index in [1.54, 1.807) is 0 Å². The number of nitrogens with zero attached hydrogens (tertiary/aromatic N) is 3. The van der Waals surface area contributed by atoms with Crippen LogP contribution in [0.25, 0.3) is 0 Å². The van der Waals surface area contributed by atoms with Gasteiger partial charge in [-0.3, -0.25) is 14.8 Å². The number of nitro benzene ring substituents is 1. The van der Waals surface area contributed by atoms with Crippen molar-refractivity contribution in [3.63, 3.8) is 0 Å². The summed E-state index contributed by atoms with van der Waals surface area (Å²) in [6, 6.07) is 2.79. The molecule has 0 amide bonds. The molecule has 1 aromatic heterocycles. The molecule has 0 aliphatic heterocycles. The van der Waals surface area contributed by atoms with Gasteiger partial charge < -0.3 is 5.11 Å². The number of nitrogens with one attached hydrogen (secondary N) is 1. The molecule has 2 rings (SSSR count). The van der Waals surface area contributed by atoms with Gasteiger partial charge in [-0.2, -0.15) is 0 Å². The van der Waals surface area contributed by atoms with Gasteiger partial charge in [0.25, 0.3) is 10.0 Å². The van der Waals surface area contributed by atoms with Crippen molar-refractivity contribution in [2.75, 3.05) is 4.72 Å². The van der Waals surface area contributed by atoms with Gasteiger partial charge in [0, 0.05) is 6.07 Å². The van der Waals surface area contributed by atoms with Crippen molar-refractivity contribution in [2.45, 2.75) is 18.2 Å². The highest BCUT2D eigenvalue weighted by atomic mass is 32.2. The maximum Gasteiger partial charge on any atom is 0.312 e. The van der Waals surface area contributed by atoms with E-state index in [1.807, 2.05) is 6.92 Å². The molecule has 1 heterocycles. The van der Waals surface area contributed by atoms with Crippen LogP contribution in [0.3, 0.4) is 0 Å². The van der Waals surface area contributed by atoms with Crippen molar-refractivity contribution in [1.29, 1.82) is 0 Å². The molecule has 0 fully saturated rings. The van der Waals surface area contributed by atoms with Crippen LogP contribution < -0.4 is 4.72 Å². The van der Waals surface area contributed by atoms with Gasteiger partial charge in [-0.15, -0.1) is 10.2 Å². The Bertz CT molecular complexity index is 786. The lowest BCUT2D eigenvalue weighted by Crippen LogP contribution is -2.13. The predicted molar refractivity (Wildman–Crippen MR) is 74.9 cm³/mol. The van der Waals surface area contributed by atoms with Crippen molar-refractivity contribution >= 4 is 32.2 Å². The number of aryl methyl sites for hydroxylation is 1. The summed E-state index contributed by atoms with van der Waals surface area (Å²) in [5.74, 6) is -0.608. The third-order valence-corrected chi connectivity index (χ3v) is 4.89. The second-order valence-electron chi connectivity index (χ2n) is 3.87. The topological polar surface area (TPSA) is 135 Å². The molecule has 112 valence electrons. The number of benzene rings is 1. The maximum absolute atomic E-state index is 12.1. The molecule has 0 spiro atoms. The lowest BCUT2D eigenvalue weighted by atomic mass is 10.3. The molecule has 0 atom stereocenters. The molecule has 0 unspecified atom stereocenters. The monoisotopic (exact) mass is 330 g/mol. The van der Waals surface area contributed by atoms with Crippen molar-refractivity contribution in [3.8, 4) is 5.75 Å². The number of hydrogen-bond acceptors (Lipinski definition) is 8. The van der Waals surface area contributed by atoms with Crippen LogP contribution in [-0.2, 0) is 16.4 Å². The van der Waals surface area contributed by atoms with Crippen molar-refractivity contribution in [3.05, 3.63) is 33.3 Å². The Morgan fingerprint density at radius 3 is 2.71 bits per heavy atom. The van der Waals surface area contributed by atoms with E-state index in [0.717, 1.165) is 29.5 Å². The Balaban J connectivity index is 2.35. The fourth-order valence-electron chi connectivity index (χ4n) is 1.43. The summed E-state index contributed by atoms with van der Waals surface area (Å²) in [5, 5.41) is 28.2. The molecule has 0 bridgehead atoms. The first-order valence-electron chi connectivity index (χ1n) is 5.66. The van der Waals surface area contributed by atoms with Crippen LogP contribution in [0.5, 0.6) is 5.75 Å². The van der Waals surface area contributed by atoms with Crippen molar-refractivity contribution in [2.24, 2.45) is 0 Å². The molecule has 2 N–H and O–H groups in total. The first-order valence-corrected chi connectivity index (χ1v) is 7.96. The number of nitro groups is 1. The first kappa shape index (κ1) is 15.1. The average molecular weight is 330 g/mol. The van der Waals surface area contributed by atoms with Crippen LogP contribution in [0.4, 0.5) is 10.8 Å². The molecule has 0 radical (unpaired) electrons. The molecule has 9 nitrogen and oxygen atoms in total. The molecule has 1 aromatic carbocycles. The molecule has 0 aliphatic carbocycles. The number of phenols is 1. The van der Waals surface area contributed by atoms with Gasteiger partial charge in [0.2, 0.25) is 5.13 Å². The summed E-state index contributed by atoms with van der Waals surface area (Å²) in [4.78, 5) is 9.50. The SMILES string of the molecule is CCc1nnc(NS(=O)(=O)c2ccc(O)c([N+](=O)[O-])c2)s1. The Kier molecular flexibility index (Phi) is 4.04. The average Bonchev–Trinajstić information content (AvgIpc) is 2.85. The van der Waals surface area contributed by atoms with Crippen molar-refractivity contribution < 1.29 is 18.4 Å². The largest absolute Gasteiger partial charge is 0.502 e. The molecule has 0 aliphatic rings. The second kappa shape index (κ2) is 5.61. The van der Waals surface area contributed by atoms with Gasteiger partial charge in [0.1, 0.15) is 5.01 Å². The van der Waals surface area contributed by atoms with Crippen LogP contribution in [0.15, 0.2) is 23.1 Å². The highest BCUT2D eigenvalue weighted by molar-refractivity contribution is 7.93. The standard InChI is InChI=1S/C10H10N4O5S2/c1-2-9-11-12-10(20-9)13-21(18,19)6-3-4-8(15)7(5-6)14(16)17/h3-5,15H,2H2,1H3,(H,12,13). The lowest BCUT2D eigenvalue weighted by molar-refractivity contribution is -0.386. The molecular weight excluding hydrogens is 320 g/mol. The van der Waals surface area contributed by atoms with Gasteiger partial charge >= 0.3 is 5.69 Å². The van der Waals surface area contributed by atoms with E-state index in [-0.39, 0.29) is 10.0 Å². The van der Waals surface area contributed by atoms with E-state index in [0.29, 0.717) is 11.4 Å². The molecule has 21 heavy (non-hydrogen) atoms. The maximum atomic E-state index is 12.1. The smallest absolute Gasteiger partial charge is 0.312 e. The zero-order valence-corrected chi connectivity index (χ0v) is 12.3. The number of aromatic nitrogens is 2. The minimum Gasteiger partial charge on any atom is -0.502 e. The van der Waals surface area contributed by atoms with Crippen LogP contribution in [0, 0.1) is 10.1 Å². The van der Waals surface area contributed by atoms with E-state index in [1.165, 1.54) is 0 Å². The van der Waals surface area contributed by atoms with E-state index in [4.69, 9.17) is 0 Å². The number of anilines is 1. The summed E-state index contributed by atoms with van der Waals surface area (Å²) in [5.41, 5.74) is -0.690. The summed E-state index contributed by atoms with van der Waals surface area (Å²) in [6.45, 7) is 1.85. The number of sulfonamides is 1. The molecular formula is C10H10N4O5S2. The normalized spacial score (nSPS) is 11.3. The third-order valence-electron chi connectivity index (χ3n) is 2.44. The minimum atomic E-state index is -4.04. The van der Waals surface area contributed by atoms with Crippen LogP contribution in [0.1, 0.15) is 11.9 Å². The minimum absolute atomic E-state index is 0.0718. The summed E-state index contributed by atoms with van der Waals surface area (Å²) in [6.07, 6.45) is 0.615. The Morgan fingerprint density at radius 1 is 1.43 bits per heavy atom. The lowest BCUT2D eigenvalue weighted by Gasteiger charge is -2.05.